The Kier molecular flexibility index (Phi) is 0.553. The SMILES string of the molecule is [SiH3][SiH]1O[SiH2]1. The maximum Gasteiger partial charge on any atom is 0.157 e. The third kappa shape index (κ3) is 0.519. The zero-order valence-electron chi connectivity index (χ0n) is 2.69. The standard InChI is InChI=1S/H6OSi3/c2-4-1-3-4/h4H,3H2,2H3. The van der Waals surface area contributed by atoms with Crippen LogP contribution >= 0.6 is 0 Å². The lowest BCUT2D eigenvalue weighted by atomic mass is 15.8. The van der Waals surface area contributed by atoms with E-state index in [1.54, 1.807) is 0 Å². The molecular weight excluding hydrogens is 100 g/mol. The lowest BCUT2D eigenvalue weighted by Gasteiger charge is -1.49. The number of hydrogen-bond donors (Lipinski definition) is 0. The molecule has 1 heterocycles. The minimum atomic E-state index is -0.111. The van der Waals surface area contributed by atoms with Crippen LogP contribution in [0.25, 0.3) is 0 Å². The van der Waals surface area contributed by atoms with Crippen LogP contribution in [0.5, 0.6) is 0 Å². The van der Waals surface area contributed by atoms with Crippen LogP contribution < -0.4 is 0 Å². The molecule has 1 fully saturated rings. The van der Waals surface area contributed by atoms with Crippen LogP contribution in [0.2, 0.25) is 0 Å². The van der Waals surface area contributed by atoms with Gasteiger partial charge in [0.1, 0.15) is 0 Å². The molecule has 1 aliphatic heterocycles. The summed E-state index contributed by atoms with van der Waals surface area (Å²) in [6.45, 7) is 0. The maximum atomic E-state index is 5.05. The molecule has 1 rings (SSSR count). The predicted octanol–water partition coefficient (Wildman–Crippen LogP) is -2.82. The Bertz CT molecular complexity index is 22.5. The van der Waals surface area contributed by atoms with Crippen LogP contribution in [0.4, 0.5) is 0 Å². The molecule has 1 unspecified atom stereocenters. The monoisotopic (exact) mass is 106 g/mol. The summed E-state index contributed by atoms with van der Waals surface area (Å²) in [5.41, 5.74) is 0. The molecule has 1 aliphatic rings. The highest BCUT2D eigenvalue weighted by molar-refractivity contribution is 7.41. The van der Waals surface area contributed by atoms with E-state index in [1.165, 1.54) is 9.76 Å². The highest BCUT2D eigenvalue weighted by atomic mass is 29.6. The van der Waals surface area contributed by atoms with E-state index in [1.807, 2.05) is 0 Å². The van der Waals surface area contributed by atoms with Gasteiger partial charge in [0.2, 0.25) is 0 Å². The molecule has 24 valence electrons. The molecule has 1 atom stereocenters. The first-order valence-electron chi connectivity index (χ1n) is 1.51. The van der Waals surface area contributed by atoms with Crippen LogP contribution in [0.1, 0.15) is 0 Å². The van der Waals surface area contributed by atoms with Gasteiger partial charge in [-0.25, -0.2) is 0 Å². The van der Waals surface area contributed by atoms with Gasteiger partial charge in [0.05, 0.1) is 0 Å². The summed E-state index contributed by atoms with van der Waals surface area (Å²) in [6, 6.07) is 0. The molecule has 4 heavy (non-hydrogen) atoms. The van der Waals surface area contributed by atoms with Gasteiger partial charge < -0.3 is 4.12 Å². The molecule has 0 spiro atoms. The molecule has 4 heteroatoms. The summed E-state index contributed by atoms with van der Waals surface area (Å²) in [7, 11) is 1.62. The van der Waals surface area contributed by atoms with E-state index in [-0.39, 0.29) is 8.08 Å². The third-order valence-corrected chi connectivity index (χ3v) is 10.5. The molecule has 0 amide bonds. The van der Waals surface area contributed by atoms with Gasteiger partial charge in [-0.1, -0.05) is 0 Å². The Morgan fingerprint density at radius 3 is 2.25 bits per heavy atom. The summed E-state index contributed by atoms with van der Waals surface area (Å²) in [5, 5.41) is 0. The minimum absolute atomic E-state index is 0.111. The fourth-order valence-electron chi connectivity index (χ4n) is 0.0962. The summed E-state index contributed by atoms with van der Waals surface area (Å²) < 4.78 is 5.05. The van der Waals surface area contributed by atoms with Crippen molar-refractivity contribution in [1.82, 2.24) is 0 Å². The predicted molar refractivity (Wildman–Crippen MR) is 26.7 cm³/mol. The van der Waals surface area contributed by atoms with E-state index in [2.05, 4.69) is 0 Å². The second-order valence-corrected chi connectivity index (χ2v) is 17.6. The molecule has 0 bridgehead atoms. The quantitative estimate of drug-likeness (QED) is 0.240. The normalized spacial score (nSPS) is 46.5. The Morgan fingerprint density at radius 2 is 2.25 bits per heavy atom. The first-order chi connectivity index (χ1) is 1.89. The first kappa shape index (κ1) is 2.83. The molecule has 0 N–H and O–H groups in total. The molecule has 1 nitrogen and oxygen atoms in total. The van der Waals surface area contributed by atoms with Crippen LogP contribution in [-0.4, -0.2) is 27.1 Å². The van der Waals surface area contributed by atoms with Crippen molar-refractivity contribution in [3.8, 4) is 0 Å². The van der Waals surface area contributed by atoms with E-state index in [4.69, 9.17) is 4.12 Å². The molecule has 0 aromatic rings. The Labute approximate surface area is 32.0 Å². The van der Waals surface area contributed by atoms with Crippen molar-refractivity contribution in [2.45, 2.75) is 0 Å². The zero-order valence-corrected chi connectivity index (χ0v) is 7.26. The highest BCUT2D eigenvalue weighted by Gasteiger charge is 2.17. The van der Waals surface area contributed by atoms with Gasteiger partial charge in [-0.15, -0.1) is 0 Å². The number of rotatable bonds is 0. The third-order valence-electron chi connectivity index (χ3n) is 0.500. The highest BCUT2D eigenvalue weighted by Crippen LogP contribution is 1.88. The van der Waals surface area contributed by atoms with E-state index >= 15 is 0 Å². The van der Waals surface area contributed by atoms with Crippen molar-refractivity contribution < 1.29 is 4.12 Å². The molecule has 0 aliphatic carbocycles. The van der Waals surface area contributed by atoms with E-state index in [0.717, 1.165) is 0 Å². The van der Waals surface area contributed by atoms with Crippen LogP contribution in [0, 0.1) is 0 Å². The van der Waals surface area contributed by atoms with Gasteiger partial charge in [-0.05, 0) is 0 Å². The number of hydrogen-bond acceptors (Lipinski definition) is 1. The minimum Gasteiger partial charge on any atom is -0.466 e. The van der Waals surface area contributed by atoms with Gasteiger partial charge in [-0.2, -0.15) is 0 Å². The van der Waals surface area contributed by atoms with Gasteiger partial charge >= 0.3 is 0 Å². The summed E-state index contributed by atoms with van der Waals surface area (Å²) >= 11 is 0. The fraction of sp³-hybridized carbons (Fsp3) is 0. The Hall–Kier alpha value is 0.611. The van der Waals surface area contributed by atoms with Crippen molar-refractivity contribution in [3.63, 3.8) is 0 Å². The Balaban J connectivity index is 2.17. The summed E-state index contributed by atoms with van der Waals surface area (Å²) in [4.78, 5) is 0. The fourth-order valence-corrected chi connectivity index (χ4v) is 7.79. The van der Waals surface area contributed by atoms with Crippen LogP contribution in [0.15, 0.2) is 0 Å². The molecule has 0 aromatic heterocycles. The molecule has 0 radical (unpaired) electrons. The smallest absolute Gasteiger partial charge is 0.157 e. The maximum absolute atomic E-state index is 5.05. The molecule has 0 saturated carbocycles. The van der Waals surface area contributed by atoms with Crippen molar-refractivity contribution in [2.75, 3.05) is 0 Å². The zero-order chi connectivity index (χ0) is 2.99. The van der Waals surface area contributed by atoms with Gasteiger partial charge in [-0.3, -0.25) is 0 Å². The lowest BCUT2D eigenvalue weighted by Crippen LogP contribution is -1.84. The van der Waals surface area contributed by atoms with E-state index in [9.17, 15) is 0 Å². The Morgan fingerprint density at radius 1 is 2.00 bits per heavy atom. The second kappa shape index (κ2) is 0.782. The van der Waals surface area contributed by atoms with Crippen LogP contribution in [0.3, 0.4) is 0 Å². The van der Waals surface area contributed by atoms with Crippen molar-refractivity contribution in [3.05, 3.63) is 0 Å². The average Bonchev–Trinajstić information content (AvgIpc) is 1.75. The topological polar surface area (TPSA) is 12.5 Å². The average molecular weight is 106 g/mol. The van der Waals surface area contributed by atoms with Gasteiger partial charge in [0.15, 0.2) is 17.4 Å². The second-order valence-electron chi connectivity index (χ2n) is 1.14. The summed E-state index contributed by atoms with van der Waals surface area (Å²) in [5.74, 6) is 0. The summed E-state index contributed by atoms with van der Waals surface area (Å²) in [6.07, 6.45) is 0. The first-order valence-corrected chi connectivity index (χ1v) is 10.4. The largest absolute Gasteiger partial charge is 0.466 e. The van der Waals surface area contributed by atoms with Crippen molar-refractivity contribution in [2.24, 2.45) is 0 Å². The lowest BCUT2D eigenvalue weighted by molar-refractivity contribution is 0.746. The molecular formula is H6OSi3. The van der Waals surface area contributed by atoms with Gasteiger partial charge in [0, 0.05) is 9.76 Å². The van der Waals surface area contributed by atoms with Crippen LogP contribution in [-0.2, 0) is 4.12 Å². The molecule has 1 saturated heterocycles. The van der Waals surface area contributed by atoms with E-state index < -0.39 is 0 Å². The van der Waals surface area contributed by atoms with Gasteiger partial charge in [0.25, 0.3) is 0 Å². The van der Waals surface area contributed by atoms with Crippen molar-refractivity contribution in [1.29, 1.82) is 0 Å². The molecule has 0 aromatic carbocycles. The van der Waals surface area contributed by atoms with E-state index in [0.29, 0.717) is 9.28 Å². The van der Waals surface area contributed by atoms with Crippen molar-refractivity contribution >= 4 is 27.1 Å².